The van der Waals surface area contributed by atoms with E-state index in [0.29, 0.717) is 5.69 Å². The van der Waals surface area contributed by atoms with Crippen molar-refractivity contribution in [2.45, 2.75) is 33.7 Å². The van der Waals surface area contributed by atoms with Crippen LogP contribution in [-0.2, 0) is 0 Å². The van der Waals surface area contributed by atoms with Crippen LogP contribution in [0.15, 0.2) is 34.8 Å². The molecule has 0 aliphatic carbocycles. The van der Waals surface area contributed by atoms with E-state index in [-0.39, 0.29) is 11.9 Å². The molecule has 0 amide bonds. The van der Waals surface area contributed by atoms with Gasteiger partial charge in [0.2, 0.25) is 0 Å². The highest BCUT2D eigenvalue weighted by molar-refractivity contribution is 9.10. The Morgan fingerprint density at radius 1 is 1.05 bits per heavy atom. The summed E-state index contributed by atoms with van der Waals surface area (Å²) in [5.41, 5.74) is 5.47. The van der Waals surface area contributed by atoms with Crippen LogP contribution in [0.5, 0.6) is 0 Å². The lowest BCUT2D eigenvalue weighted by molar-refractivity contribution is 0.626. The first-order valence-corrected chi connectivity index (χ1v) is 7.47. The van der Waals surface area contributed by atoms with E-state index in [2.05, 4.69) is 61.1 Å². The van der Waals surface area contributed by atoms with E-state index in [1.54, 1.807) is 6.07 Å². The van der Waals surface area contributed by atoms with Crippen LogP contribution in [0.1, 0.15) is 35.2 Å². The zero-order valence-electron chi connectivity index (χ0n) is 12.2. The van der Waals surface area contributed by atoms with Gasteiger partial charge in [-0.25, -0.2) is 4.39 Å². The Labute approximate surface area is 128 Å². The Morgan fingerprint density at radius 2 is 1.70 bits per heavy atom. The number of halogens is 2. The summed E-state index contributed by atoms with van der Waals surface area (Å²) < 4.78 is 14.6. The normalized spacial score (nSPS) is 12.3. The molecule has 1 atom stereocenters. The summed E-state index contributed by atoms with van der Waals surface area (Å²) >= 11 is 3.39. The molecule has 0 radical (unpaired) electrons. The highest BCUT2D eigenvalue weighted by Gasteiger charge is 2.13. The molecule has 106 valence electrons. The second-order valence-electron chi connectivity index (χ2n) is 5.26. The maximum atomic E-state index is 13.9. The van der Waals surface area contributed by atoms with Crippen molar-refractivity contribution in [3.05, 3.63) is 62.9 Å². The highest BCUT2D eigenvalue weighted by Crippen LogP contribution is 2.30. The van der Waals surface area contributed by atoms with Gasteiger partial charge < -0.3 is 5.32 Å². The third kappa shape index (κ3) is 3.04. The Kier molecular flexibility index (Phi) is 4.48. The molecule has 3 heteroatoms. The standard InChI is InChI=1S/C17H19BrFN/c1-10-8-12(3)14(9-11(10)2)13(4)20-17-15(18)6-5-7-16(17)19/h5-9,13,20H,1-4H3. The smallest absolute Gasteiger partial charge is 0.147 e. The lowest BCUT2D eigenvalue weighted by atomic mass is 9.96. The molecule has 0 bridgehead atoms. The van der Waals surface area contributed by atoms with E-state index in [9.17, 15) is 4.39 Å². The molecule has 1 N–H and O–H groups in total. The summed E-state index contributed by atoms with van der Waals surface area (Å²) in [6.07, 6.45) is 0. The van der Waals surface area contributed by atoms with Gasteiger partial charge in [-0.3, -0.25) is 0 Å². The lowest BCUT2D eigenvalue weighted by Gasteiger charge is -2.20. The number of anilines is 1. The van der Waals surface area contributed by atoms with Crippen molar-refractivity contribution in [1.29, 1.82) is 0 Å². The molecule has 2 aromatic rings. The number of para-hydroxylation sites is 1. The van der Waals surface area contributed by atoms with Crippen LogP contribution in [-0.4, -0.2) is 0 Å². The molecule has 0 aliphatic rings. The van der Waals surface area contributed by atoms with Gasteiger partial charge in [0.25, 0.3) is 0 Å². The third-order valence-corrected chi connectivity index (χ3v) is 4.33. The van der Waals surface area contributed by atoms with Crippen LogP contribution >= 0.6 is 15.9 Å². The quantitative estimate of drug-likeness (QED) is 0.760. The molecular weight excluding hydrogens is 317 g/mol. The first-order valence-electron chi connectivity index (χ1n) is 6.68. The van der Waals surface area contributed by atoms with Crippen molar-refractivity contribution in [2.24, 2.45) is 0 Å². The molecule has 0 saturated heterocycles. The van der Waals surface area contributed by atoms with Crippen molar-refractivity contribution in [2.75, 3.05) is 5.32 Å². The molecule has 1 nitrogen and oxygen atoms in total. The monoisotopic (exact) mass is 335 g/mol. The molecule has 20 heavy (non-hydrogen) atoms. The fourth-order valence-electron chi connectivity index (χ4n) is 2.38. The van der Waals surface area contributed by atoms with E-state index in [0.717, 1.165) is 4.47 Å². The van der Waals surface area contributed by atoms with Crippen LogP contribution in [0.4, 0.5) is 10.1 Å². The number of rotatable bonds is 3. The van der Waals surface area contributed by atoms with E-state index >= 15 is 0 Å². The maximum absolute atomic E-state index is 13.9. The summed E-state index contributed by atoms with van der Waals surface area (Å²) in [5.74, 6) is -0.243. The lowest BCUT2D eigenvalue weighted by Crippen LogP contribution is -2.10. The summed E-state index contributed by atoms with van der Waals surface area (Å²) in [5, 5.41) is 3.26. The van der Waals surface area contributed by atoms with Gasteiger partial charge in [0.1, 0.15) is 5.82 Å². The molecule has 0 saturated carbocycles. The summed E-state index contributed by atoms with van der Waals surface area (Å²) in [7, 11) is 0. The largest absolute Gasteiger partial charge is 0.375 e. The number of hydrogen-bond donors (Lipinski definition) is 1. The van der Waals surface area contributed by atoms with E-state index in [4.69, 9.17) is 0 Å². The van der Waals surface area contributed by atoms with Gasteiger partial charge in [0, 0.05) is 10.5 Å². The molecule has 0 aliphatic heterocycles. The van der Waals surface area contributed by atoms with Gasteiger partial charge in [-0.05, 0) is 78.0 Å². The number of nitrogens with one attached hydrogen (secondary N) is 1. The third-order valence-electron chi connectivity index (χ3n) is 3.67. The molecule has 0 aromatic heterocycles. The van der Waals surface area contributed by atoms with Crippen molar-refractivity contribution in [1.82, 2.24) is 0 Å². The van der Waals surface area contributed by atoms with Gasteiger partial charge in [0.15, 0.2) is 0 Å². The predicted octanol–water partition coefficient (Wildman–Crippen LogP) is 5.69. The van der Waals surface area contributed by atoms with Gasteiger partial charge in [-0.1, -0.05) is 18.2 Å². The fourth-order valence-corrected chi connectivity index (χ4v) is 2.84. The fraction of sp³-hybridized carbons (Fsp3) is 0.294. The number of aryl methyl sites for hydroxylation is 3. The predicted molar refractivity (Wildman–Crippen MR) is 86.8 cm³/mol. The Bertz CT molecular complexity index is 617. The SMILES string of the molecule is Cc1cc(C)c(C(C)Nc2c(F)cccc2Br)cc1C. The second-order valence-corrected chi connectivity index (χ2v) is 6.11. The van der Waals surface area contributed by atoms with Crippen molar-refractivity contribution in [3.63, 3.8) is 0 Å². The Morgan fingerprint density at radius 3 is 2.35 bits per heavy atom. The average Bonchev–Trinajstić information content (AvgIpc) is 2.38. The second kappa shape index (κ2) is 5.96. The van der Waals surface area contributed by atoms with E-state index in [1.807, 2.05) is 6.07 Å². The van der Waals surface area contributed by atoms with E-state index in [1.165, 1.54) is 28.3 Å². The first kappa shape index (κ1) is 15.0. The van der Waals surface area contributed by atoms with Gasteiger partial charge in [-0.15, -0.1) is 0 Å². The molecule has 2 rings (SSSR count). The van der Waals surface area contributed by atoms with Crippen molar-refractivity contribution >= 4 is 21.6 Å². The van der Waals surface area contributed by atoms with E-state index < -0.39 is 0 Å². The first-order chi connectivity index (χ1) is 9.40. The maximum Gasteiger partial charge on any atom is 0.147 e. The van der Waals surface area contributed by atoms with Crippen LogP contribution in [0.25, 0.3) is 0 Å². The molecular formula is C17H19BrFN. The van der Waals surface area contributed by atoms with Crippen LogP contribution in [0.2, 0.25) is 0 Å². The molecule has 0 fully saturated rings. The van der Waals surface area contributed by atoms with Crippen LogP contribution in [0.3, 0.4) is 0 Å². The Balaban J connectivity index is 2.33. The van der Waals surface area contributed by atoms with Crippen LogP contribution < -0.4 is 5.32 Å². The Hall–Kier alpha value is -1.35. The number of hydrogen-bond acceptors (Lipinski definition) is 1. The minimum atomic E-state index is -0.243. The van der Waals surface area contributed by atoms with Gasteiger partial charge in [0.05, 0.1) is 5.69 Å². The summed E-state index contributed by atoms with van der Waals surface area (Å²) in [4.78, 5) is 0. The zero-order chi connectivity index (χ0) is 14.9. The molecule has 0 heterocycles. The van der Waals surface area contributed by atoms with Crippen LogP contribution in [0, 0.1) is 26.6 Å². The topological polar surface area (TPSA) is 12.0 Å². The average molecular weight is 336 g/mol. The van der Waals surface area contributed by atoms with Crippen molar-refractivity contribution in [3.8, 4) is 0 Å². The van der Waals surface area contributed by atoms with Gasteiger partial charge in [-0.2, -0.15) is 0 Å². The molecule has 0 spiro atoms. The highest BCUT2D eigenvalue weighted by atomic mass is 79.9. The minimum Gasteiger partial charge on any atom is -0.375 e. The zero-order valence-corrected chi connectivity index (χ0v) is 13.8. The minimum absolute atomic E-state index is 0.0440. The molecule has 1 unspecified atom stereocenters. The van der Waals surface area contributed by atoms with Gasteiger partial charge >= 0.3 is 0 Å². The molecule has 2 aromatic carbocycles. The number of benzene rings is 2. The van der Waals surface area contributed by atoms with Crippen molar-refractivity contribution < 1.29 is 4.39 Å². The summed E-state index contributed by atoms with van der Waals surface area (Å²) in [6, 6.07) is 9.40. The summed E-state index contributed by atoms with van der Waals surface area (Å²) in [6.45, 7) is 8.36.